The zero-order valence-electron chi connectivity index (χ0n) is 5.78. The second-order valence-corrected chi connectivity index (χ2v) is 2.40. The summed E-state index contributed by atoms with van der Waals surface area (Å²) < 4.78 is 0. The van der Waals surface area contributed by atoms with E-state index in [1.165, 1.54) is 0 Å². The summed E-state index contributed by atoms with van der Waals surface area (Å²) >= 11 is 0. The third kappa shape index (κ3) is 0.887. The van der Waals surface area contributed by atoms with Crippen molar-refractivity contribution in [1.82, 2.24) is 0 Å². The molecule has 1 aliphatic heterocycles. The highest BCUT2D eigenvalue weighted by atomic mass is 15.1. The van der Waals surface area contributed by atoms with Gasteiger partial charge >= 0.3 is 0 Å². The SMILES string of the molecule is N#CC1=CC=C2N=NC=C2C1. The number of hydrogen-bond acceptors (Lipinski definition) is 3. The summed E-state index contributed by atoms with van der Waals surface area (Å²) in [6, 6.07) is 2.11. The first-order valence-electron chi connectivity index (χ1n) is 3.31. The average molecular weight is 143 g/mol. The zero-order chi connectivity index (χ0) is 7.68. The molecular formula is C8H5N3. The maximum atomic E-state index is 8.57. The van der Waals surface area contributed by atoms with Crippen LogP contribution in [0.4, 0.5) is 0 Å². The Morgan fingerprint density at radius 1 is 1.45 bits per heavy atom. The molecule has 0 radical (unpaired) electrons. The number of allylic oxidation sites excluding steroid dienone is 4. The van der Waals surface area contributed by atoms with Crippen LogP contribution in [0.3, 0.4) is 0 Å². The predicted octanol–water partition coefficient (Wildman–Crippen LogP) is 2.07. The van der Waals surface area contributed by atoms with Gasteiger partial charge in [-0.25, -0.2) is 0 Å². The van der Waals surface area contributed by atoms with E-state index < -0.39 is 0 Å². The molecule has 0 atom stereocenters. The Hall–Kier alpha value is -1.69. The molecule has 0 fully saturated rings. The Bertz CT molecular complexity index is 350. The zero-order valence-corrected chi connectivity index (χ0v) is 5.78. The van der Waals surface area contributed by atoms with Crippen molar-refractivity contribution in [3.05, 3.63) is 35.2 Å². The molecule has 2 rings (SSSR count). The predicted molar refractivity (Wildman–Crippen MR) is 39.3 cm³/mol. The minimum atomic E-state index is 0.676. The van der Waals surface area contributed by atoms with Gasteiger partial charge in [0.2, 0.25) is 0 Å². The fourth-order valence-corrected chi connectivity index (χ4v) is 1.09. The van der Waals surface area contributed by atoms with E-state index >= 15 is 0 Å². The topological polar surface area (TPSA) is 48.5 Å². The molecular weight excluding hydrogens is 138 g/mol. The van der Waals surface area contributed by atoms with Crippen LogP contribution < -0.4 is 0 Å². The van der Waals surface area contributed by atoms with Gasteiger partial charge in [-0.2, -0.15) is 15.5 Å². The van der Waals surface area contributed by atoms with Crippen molar-refractivity contribution in [3.8, 4) is 6.07 Å². The summed E-state index contributed by atoms with van der Waals surface area (Å²) in [6.07, 6.45) is 5.99. The number of nitrogens with zero attached hydrogens (tertiary/aromatic N) is 3. The highest BCUT2D eigenvalue weighted by Gasteiger charge is 2.14. The Kier molecular flexibility index (Phi) is 1.19. The summed E-state index contributed by atoms with van der Waals surface area (Å²) in [6.45, 7) is 0. The van der Waals surface area contributed by atoms with E-state index in [1.54, 1.807) is 12.3 Å². The molecule has 0 saturated heterocycles. The van der Waals surface area contributed by atoms with E-state index in [-0.39, 0.29) is 0 Å². The number of fused-ring (bicyclic) bond motifs is 1. The molecule has 0 aromatic carbocycles. The first kappa shape index (κ1) is 6.05. The third-order valence-corrected chi connectivity index (χ3v) is 1.67. The van der Waals surface area contributed by atoms with Crippen LogP contribution in [0, 0.1) is 11.3 Å². The van der Waals surface area contributed by atoms with Crippen LogP contribution in [0.1, 0.15) is 6.42 Å². The summed E-state index contributed by atoms with van der Waals surface area (Å²) in [4.78, 5) is 0. The van der Waals surface area contributed by atoms with Crippen molar-refractivity contribution in [1.29, 1.82) is 5.26 Å². The van der Waals surface area contributed by atoms with E-state index in [0.717, 1.165) is 16.8 Å². The second kappa shape index (κ2) is 2.17. The van der Waals surface area contributed by atoms with E-state index in [0.29, 0.717) is 6.42 Å². The van der Waals surface area contributed by atoms with Gasteiger partial charge in [0, 0.05) is 17.6 Å². The first-order valence-corrected chi connectivity index (χ1v) is 3.31. The minimum Gasteiger partial charge on any atom is -0.193 e. The summed E-state index contributed by atoms with van der Waals surface area (Å²) in [5.41, 5.74) is 2.71. The first-order chi connectivity index (χ1) is 5.40. The Balaban J connectivity index is 2.39. The lowest BCUT2D eigenvalue weighted by atomic mass is 10.00. The molecule has 0 N–H and O–H groups in total. The summed E-state index contributed by atoms with van der Waals surface area (Å²) in [5.74, 6) is 0. The number of nitriles is 1. The fraction of sp³-hybridized carbons (Fsp3) is 0.125. The molecule has 0 spiro atoms. The van der Waals surface area contributed by atoms with E-state index in [2.05, 4.69) is 16.3 Å². The average Bonchev–Trinajstić information content (AvgIpc) is 2.50. The van der Waals surface area contributed by atoms with Crippen LogP contribution in [0.5, 0.6) is 0 Å². The Labute approximate surface area is 64.1 Å². The van der Waals surface area contributed by atoms with Gasteiger partial charge < -0.3 is 0 Å². The van der Waals surface area contributed by atoms with Crippen LogP contribution in [-0.4, -0.2) is 0 Å². The monoisotopic (exact) mass is 143 g/mol. The van der Waals surface area contributed by atoms with Crippen LogP contribution in [-0.2, 0) is 0 Å². The lowest BCUT2D eigenvalue weighted by molar-refractivity contribution is 1.12. The molecule has 1 heterocycles. The van der Waals surface area contributed by atoms with Crippen LogP contribution >= 0.6 is 0 Å². The second-order valence-electron chi connectivity index (χ2n) is 2.40. The van der Waals surface area contributed by atoms with Gasteiger partial charge in [0.25, 0.3) is 0 Å². The molecule has 11 heavy (non-hydrogen) atoms. The smallest absolute Gasteiger partial charge is 0.0950 e. The molecule has 0 amide bonds. The molecule has 2 aliphatic rings. The van der Waals surface area contributed by atoms with Crippen LogP contribution in [0.25, 0.3) is 0 Å². The fourth-order valence-electron chi connectivity index (χ4n) is 1.09. The molecule has 0 aromatic rings. The maximum Gasteiger partial charge on any atom is 0.0950 e. The number of azo groups is 1. The quantitative estimate of drug-likeness (QED) is 0.512. The lowest BCUT2D eigenvalue weighted by Crippen LogP contribution is -1.91. The Morgan fingerprint density at radius 2 is 2.36 bits per heavy atom. The van der Waals surface area contributed by atoms with Gasteiger partial charge in [0.15, 0.2) is 0 Å². The van der Waals surface area contributed by atoms with Crippen molar-refractivity contribution < 1.29 is 0 Å². The van der Waals surface area contributed by atoms with Crippen molar-refractivity contribution in [2.45, 2.75) is 6.42 Å². The van der Waals surface area contributed by atoms with Crippen molar-refractivity contribution in [3.63, 3.8) is 0 Å². The number of hydrogen-bond donors (Lipinski definition) is 0. The van der Waals surface area contributed by atoms with Crippen molar-refractivity contribution in [2.75, 3.05) is 0 Å². The molecule has 1 aliphatic carbocycles. The van der Waals surface area contributed by atoms with Gasteiger partial charge in [0.1, 0.15) is 0 Å². The third-order valence-electron chi connectivity index (χ3n) is 1.67. The summed E-state index contributed by atoms with van der Waals surface area (Å²) in [5, 5.41) is 16.2. The minimum absolute atomic E-state index is 0.676. The largest absolute Gasteiger partial charge is 0.193 e. The standard InChI is InChI=1S/C8H5N3/c9-4-6-1-2-8-7(3-6)5-10-11-8/h1-2,5H,3H2. The van der Waals surface area contributed by atoms with E-state index in [1.807, 2.05) is 6.08 Å². The molecule has 52 valence electrons. The highest BCUT2D eigenvalue weighted by molar-refractivity contribution is 5.46. The van der Waals surface area contributed by atoms with E-state index in [4.69, 9.17) is 5.26 Å². The van der Waals surface area contributed by atoms with Crippen molar-refractivity contribution >= 4 is 0 Å². The molecule has 3 heteroatoms. The molecule has 0 unspecified atom stereocenters. The Morgan fingerprint density at radius 3 is 3.18 bits per heavy atom. The highest BCUT2D eigenvalue weighted by Crippen LogP contribution is 2.28. The van der Waals surface area contributed by atoms with Crippen LogP contribution in [0.15, 0.2) is 45.4 Å². The van der Waals surface area contributed by atoms with Crippen LogP contribution in [0.2, 0.25) is 0 Å². The van der Waals surface area contributed by atoms with E-state index in [9.17, 15) is 0 Å². The molecule has 0 saturated carbocycles. The van der Waals surface area contributed by atoms with Crippen molar-refractivity contribution in [2.24, 2.45) is 10.2 Å². The summed E-state index contributed by atoms with van der Waals surface area (Å²) in [7, 11) is 0. The van der Waals surface area contributed by atoms with Gasteiger partial charge in [0.05, 0.1) is 18.0 Å². The molecule has 3 nitrogen and oxygen atoms in total. The normalized spacial score (nSPS) is 19.7. The molecule has 0 bridgehead atoms. The van der Waals surface area contributed by atoms with Gasteiger partial charge in [-0.3, -0.25) is 0 Å². The molecule has 0 aromatic heterocycles. The number of rotatable bonds is 0. The van der Waals surface area contributed by atoms with Gasteiger partial charge in [-0.1, -0.05) is 0 Å². The van der Waals surface area contributed by atoms with Gasteiger partial charge in [-0.05, 0) is 12.2 Å². The maximum absolute atomic E-state index is 8.57. The van der Waals surface area contributed by atoms with Gasteiger partial charge in [-0.15, -0.1) is 0 Å². The lowest BCUT2D eigenvalue weighted by Gasteiger charge is -2.04.